The van der Waals surface area contributed by atoms with Crippen LogP contribution in [0.4, 0.5) is 4.39 Å². The fourth-order valence-electron chi connectivity index (χ4n) is 3.13. The number of piperidine rings is 1. The fraction of sp³-hybridized carbons (Fsp3) is 0.478. The van der Waals surface area contributed by atoms with Gasteiger partial charge in [-0.25, -0.2) is 4.39 Å². The zero-order chi connectivity index (χ0) is 20.2. The zero-order valence-corrected chi connectivity index (χ0v) is 17.3. The van der Waals surface area contributed by atoms with E-state index in [1.54, 1.807) is 19.2 Å². The van der Waals surface area contributed by atoms with Gasteiger partial charge in [0.15, 0.2) is 0 Å². The molecular formula is C23H33FN2O2. The summed E-state index contributed by atoms with van der Waals surface area (Å²) in [5, 5.41) is 3.32. The van der Waals surface area contributed by atoms with Crippen LogP contribution in [0.25, 0.3) is 0 Å². The van der Waals surface area contributed by atoms with Crippen LogP contribution in [0.5, 0.6) is 11.5 Å². The number of hydrogen-bond acceptors (Lipinski definition) is 4. The Hall–Kier alpha value is -2.11. The van der Waals surface area contributed by atoms with Crippen molar-refractivity contribution in [2.45, 2.75) is 25.2 Å². The Morgan fingerprint density at radius 2 is 1.57 bits per heavy atom. The van der Waals surface area contributed by atoms with E-state index in [0.717, 1.165) is 44.2 Å². The number of benzene rings is 2. The predicted octanol–water partition coefficient (Wildman–Crippen LogP) is 4.32. The van der Waals surface area contributed by atoms with E-state index in [2.05, 4.69) is 24.3 Å². The molecule has 4 nitrogen and oxygen atoms in total. The van der Waals surface area contributed by atoms with Crippen molar-refractivity contribution in [2.24, 2.45) is 0 Å². The van der Waals surface area contributed by atoms with Crippen LogP contribution in [-0.4, -0.2) is 52.3 Å². The Labute approximate surface area is 168 Å². The maximum Gasteiger partial charge on any atom is 0.123 e. The summed E-state index contributed by atoms with van der Waals surface area (Å²) in [6.45, 7) is 3.98. The normalized spacial score (nSPS) is 14.3. The molecule has 0 aliphatic carbocycles. The van der Waals surface area contributed by atoms with Crippen LogP contribution < -0.4 is 14.8 Å². The summed E-state index contributed by atoms with van der Waals surface area (Å²) in [6, 6.07) is 14.6. The molecule has 0 radical (unpaired) electrons. The molecule has 1 saturated heterocycles. The smallest absolute Gasteiger partial charge is 0.123 e. The van der Waals surface area contributed by atoms with Gasteiger partial charge < -0.3 is 19.7 Å². The minimum atomic E-state index is -0.141. The van der Waals surface area contributed by atoms with E-state index in [1.807, 2.05) is 36.4 Å². The minimum Gasteiger partial charge on any atom is -0.497 e. The minimum absolute atomic E-state index is 0.141. The van der Waals surface area contributed by atoms with Gasteiger partial charge in [-0.2, -0.15) is 0 Å². The molecule has 1 aliphatic rings. The Kier molecular flexibility index (Phi) is 9.80. The Balaban J connectivity index is 0.000000202. The van der Waals surface area contributed by atoms with Gasteiger partial charge in [0.1, 0.15) is 17.3 Å². The zero-order valence-electron chi connectivity index (χ0n) is 17.3. The summed E-state index contributed by atoms with van der Waals surface area (Å²) in [5.41, 5.74) is 1.28. The number of hydrogen-bond donors (Lipinski definition) is 1. The van der Waals surface area contributed by atoms with E-state index in [0.29, 0.717) is 5.92 Å². The van der Waals surface area contributed by atoms with Gasteiger partial charge in [0, 0.05) is 6.54 Å². The number of rotatable bonds is 7. The molecule has 1 fully saturated rings. The second-order valence-electron chi connectivity index (χ2n) is 7.26. The fourth-order valence-corrected chi connectivity index (χ4v) is 3.13. The Bertz CT molecular complexity index is 653. The van der Waals surface area contributed by atoms with Crippen LogP contribution in [0.1, 0.15) is 30.7 Å². The van der Waals surface area contributed by atoms with Gasteiger partial charge in [0.25, 0.3) is 0 Å². The summed E-state index contributed by atoms with van der Waals surface area (Å²) in [4.78, 5) is 2.15. The number of nitrogens with zero attached hydrogens (tertiary/aromatic N) is 1. The lowest BCUT2D eigenvalue weighted by atomic mass is 9.90. The third kappa shape index (κ3) is 8.28. The molecule has 2 aromatic carbocycles. The second kappa shape index (κ2) is 12.4. The Morgan fingerprint density at radius 3 is 2.14 bits per heavy atom. The monoisotopic (exact) mass is 388 g/mol. The first-order chi connectivity index (χ1) is 13.6. The molecule has 0 amide bonds. The Morgan fingerprint density at radius 1 is 0.964 bits per heavy atom. The van der Waals surface area contributed by atoms with Crippen molar-refractivity contribution in [3.8, 4) is 11.5 Å². The average Bonchev–Trinajstić information content (AvgIpc) is 2.73. The van der Waals surface area contributed by atoms with Gasteiger partial charge in [-0.05, 0) is 94.3 Å². The van der Waals surface area contributed by atoms with Crippen molar-refractivity contribution in [2.75, 3.05) is 47.4 Å². The van der Waals surface area contributed by atoms with Crippen LogP contribution in [0.15, 0.2) is 48.5 Å². The van der Waals surface area contributed by atoms with E-state index < -0.39 is 0 Å². The van der Waals surface area contributed by atoms with Crippen LogP contribution in [0.3, 0.4) is 0 Å². The molecule has 154 valence electrons. The third-order valence-corrected chi connectivity index (χ3v) is 4.76. The molecule has 3 rings (SSSR count). The quantitative estimate of drug-likeness (QED) is 0.717. The summed E-state index contributed by atoms with van der Waals surface area (Å²) in [6.07, 6.45) is 3.39. The van der Waals surface area contributed by atoms with Crippen LogP contribution in [0.2, 0.25) is 0 Å². The molecule has 28 heavy (non-hydrogen) atoms. The number of methoxy groups -OCH3 is 1. The molecule has 0 spiro atoms. The van der Waals surface area contributed by atoms with Crippen molar-refractivity contribution < 1.29 is 13.9 Å². The first kappa shape index (κ1) is 22.2. The summed E-state index contributed by atoms with van der Waals surface area (Å²) in [5.74, 6) is 2.24. The topological polar surface area (TPSA) is 33.7 Å². The van der Waals surface area contributed by atoms with Gasteiger partial charge in [-0.1, -0.05) is 12.1 Å². The second-order valence-corrected chi connectivity index (χ2v) is 7.26. The van der Waals surface area contributed by atoms with Gasteiger partial charge in [0.05, 0.1) is 13.7 Å². The summed E-state index contributed by atoms with van der Waals surface area (Å²) in [7, 11) is 5.79. The molecule has 2 aromatic rings. The summed E-state index contributed by atoms with van der Waals surface area (Å²) >= 11 is 0. The number of nitrogens with one attached hydrogen (secondary N) is 1. The van der Waals surface area contributed by atoms with Crippen molar-refractivity contribution >= 4 is 0 Å². The summed E-state index contributed by atoms with van der Waals surface area (Å²) < 4.78 is 23.3. The van der Waals surface area contributed by atoms with Crippen molar-refractivity contribution in [1.29, 1.82) is 0 Å². The highest BCUT2D eigenvalue weighted by molar-refractivity contribution is 5.31. The van der Waals surface area contributed by atoms with Gasteiger partial charge in [0.2, 0.25) is 0 Å². The van der Waals surface area contributed by atoms with Gasteiger partial charge >= 0.3 is 0 Å². The highest BCUT2D eigenvalue weighted by atomic mass is 19.1. The molecule has 1 aliphatic heterocycles. The van der Waals surface area contributed by atoms with Gasteiger partial charge in [-0.3, -0.25) is 0 Å². The lowest BCUT2D eigenvalue weighted by Gasteiger charge is -2.22. The standard InChI is InChI=1S/C12H19NO2.C11H14FN/c1-13(2)9-4-10-15-12-7-5-11(14-3)6-8-12;12-11-3-1-9(2-4-11)10-5-7-13-8-6-10/h5-8H,4,9-10H2,1-3H3;1-4,10,13H,5-8H2. The van der Waals surface area contributed by atoms with E-state index in [4.69, 9.17) is 9.47 Å². The molecule has 1 heterocycles. The molecule has 0 unspecified atom stereocenters. The maximum atomic E-state index is 12.6. The van der Waals surface area contributed by atoms with E-state index >= 15 is 0 Å². The van der Waals surface area contributed by atoms with Crippen molar-refractivity contribution in [1.82, 2.24) is 10.2 Å². The van der Waals surface area contributed by atoms with Gasteiger partial charge in [-0.15, -0.1) is 0 Å². The molecule has 0 bridgehead atoms. The van der Waals surface area contributed by atoms with Crippen LogP contribution in [-0.2, 0) is 0 Å². The van der Waals surface area contributed by atoms with Crippen LogP contribution >= 0.6 is 0 Å². The van der Waals surface area contributed by atoms with Crippen molar-refractivity contribution in [3.05, 3.63) is 59.9 Å². The molecule has 1 N–H and O–H groups in total. The first-order valence-corrected chi connectivity index (χ1v) is 9.96. The van der Waals surface area contributed by atoms with Crippen molar-refractivity contribution in [3.63, 3.8) is 0 Å². The van der Waals surface area contributed by atoms with E-state index in [9.17, 15) is 4.39 Å². The number of ether oxygens (including phenoxy) is 2. The maximum absolute atomic E-state index is 12.6. The number of halogens is 1. The third-order valence-electron chi connectivity index (χ3n) is 4.76. The lowest BCUT2D eigenvalue weighted by molar-refractivity contribution is 0.281. The SMILES string of the molecule is COc1ccc(OCCCN(C)C)cc1.Fc1ccc(C2CCNCC2)cc1. The molecule has 0 aromatic heterocycles. The average molecular weight is 389 g/mol. The van der Waals surface area contributed by atoms with E-state index in [-0.39, 0.29) is 5.82 Å². The predicted molar refractivity (Wildman–Crippen MR) is 113 cm³/mol. The van der Waals surface area contributed by atoms with E-state index in [1.165, 1.54) is 18.4 Å². The van der Waals surface area contributed by atoms with Crippen LogP contribution in [0, 0.1) is 5.82 Å². The largest absolute Gasteiger partial charge is 0.497 e. The molecule has 0 saturated carbocycles. The lowest BCUT2D eigenvalue weighted by Crippen LogP contribution is -2.26. The highest BCUT2D eigenvalue weighted by Crippen LogP contribution is 2.24. The first-order valence-electron chi connectivity index (χ1n) is 9.96. The molecule has 0 atom stereocenters. The molecule has 5 heteroatoms. The molecular weight excluding hydrogens is 355 g/mol. The highest BCUT2D eigenvalue weighted by Gasteiger charge is 2.14.